The lowest BCUT2D eigenvalue weighted by Gasteiger charge is -2.26. The van der Waals surface area contributed by atoms with Crippen LogP contribution in [0.25, 0.3) is 5.76 Å². The fraction of sp³-hybridized carbons (Fsp3) is 0.250. The Morgan fingerprint density at radius 2 is 1.65 bits per heavy atom. The van der Waals surface area contributed by atoms with Crippen LogP contribution in [0, 0.1) is 13.8 Å². The number of methoxy groups -OCH3 is 1. The molecule has 0 bridgehead atoms. The summed E-state index contributed by atoms with van der Waals surface area (Å²) < 4.78 is 5.46. The molecule has 3 aromatic rings. The van der Waals surface area contributed by atoms with Crippen molar-refractivity contribution in [1.29, 1.82) is 0 Å². The highest BCUT2D eigenvalue weighted by Gasteiger charge is 2.47. The Morgan fingerprint density at radius 3 is 2.24 bits per heavy atom. The number of carbonyl (C=O) groups excluding carboxylic acids is 2. The van der Waals surface area contributed by atoms with Crippen molar-refractivity contribution in [1.82, 2.24) is 4.98 Å². The maximum absolute atomic E-state index is 13.3. The van der Waals surface area contributed by atoms with Crippen molar-refractivity contribution in [3.05, 3.63) is 94.3 Å². The van der Waals surface area contributed by atoms with Gasteiger partial charge in [-0.1, -0.05) is 19.9 Å². The molecule has 2 heterocycles. The average Bonchev–Trinajstić information content (AvgIpc) is 3.08. The Bertz CT molecular complexity index is 1270. The van der Waals surface area contributed by atoms with Gasteiger partial charge in [0.1, 0.15) is 11.5 Å². The first-order chi connectivity index (χ1) is 16.2. The zero-order valence-electron chi connectivity index (χ0n) is 20.0. The van der Waals surface area contributed by atoms with Gasteiger partial charge in [-0.2, -0.15) is 0 Å². The number of aryl methyl sites for hydroxylation is 2. The van der Waals surface area contributed by atoms with E-state index in [1.807, 2.05) is 52.0 Å². The Morgan fingerprint density at radius 1 is 1.00 bits per heavy atom. The molecule has 0 saturated carbocycles. The van der Waals surface area contributed by atoms with Crippen molar-refractivity contribution >= 4 is 23.1 Å². The Labute approximate surface area is 199 Å². The van der Waals surface area contributed by atoms with E-state index in [-0.39, 0.29) is 17.3 Å². The van der Waals surface area contributed by atoms with Crippen molar-refractivity contribution in [3.63, 3.8) is 0 Å². The van der Waals surface area contributed by atoms with Crippen LogP contribution in [0.15, 0.2) is 66.5 Å². The number of nitrogens with zero attached hydrogens (tertiary/aromatic N) is 2. The number of benzene rings is 2. The lowest BCUT2D eigenvalue weighted by molar-refractivity contribution is -0.132. The molecule has 1 aromatic heterocycles. The highest BCUT2D eigenvalue weighted by molar-refractivity contribution is 6.51. The number of carbonyl (C=O) groups is 2. The van der Waals surface area contributed by atoms with Gasteiger partial charge in [-0.3, -0.25) is 19.5 Å². The molecule has 1 aliphatic rings. The van der Waals surface area contributed by atoms with Crippen molar-refractivity contribution < 1.29 is 19.4 Å². The first-order valence-electron chi connectivity index (χ1n) is 11.2. The minimum Gasteiger partial charge on any atom is -0.507 e. The van der Waals surface area contributed by atoms with Gasteiger partial charge in [0.15, 0.2) is 0 Å². The first kappa shape index (κ1) is 23.2. The maximum Gasteiger partial charge on any atom is 0.300 e. The molecule has 1 aliphatic heterocycles. The summed E-state index contributed by atoms with van der Waals surface area (Å²) in [4.78, 5) is 32.2. The molecule has 0 spiro atoms. The molecular formula is C28H28N2O4. The topological polar surface area (TPSA) is 79.7 Å². The smallest absolute Gasteiger partial charge is 0.300 e. The summed E-state index contributed by atoms with van der Waals surface area (Å²) >= 11 is 0. The lowest BCUT2D eigenvalue weighted by atomic mass is 9.93. The Balaban J connectivity index is 1.95. The molecule has 1 fully saturated rings. The third-order valence-corrected chi connectivity index (χ3v) is 6.08. The average molecular weight is 457 g/mol. The minimum atomic E-state index is -0.784. The highest BCUT2D eigenvalue weighted by Crippen LogP contribution is 2.43. The third kappa shape index (κ3) is 4.07. The van der Waals surface area contributed by atoms with Crippen molar-refractivity contribution in [2.75, 3.05) is 12.0 Å². The zero-order chi connectivity index (χ0) is 24.6. The highest BCUT2D eigenvalue weighted by atomic mass is 16.5. The summed E-state index contributed by atoms with van der Waals surface area (Å²) in [6.07, 6.45) is 3.22. The molecule has 6 nitrogen and oxygen atoms in total. The summed E-state index contributed by atoms with van der Waals surface area (Å²) in [6.45, 7) is 7.94. The van der Waals surface area contributed by atoms with E-state index in [0.717, 1.165) is 16.7 Å². The van der Waals surface area contributed by atoms with Gasteiger partial charge in [0.05, 0.1) is 18.7 Å². The number of aromatic nitrogens is 1. The van der Waals surface area contributed by atoms with Gasteiger partial charge in [0, 0.05) is 23.6 Å². The van der Waals surface area contributed by atoms with Gasteiger partial charge < -0.3 is 9.84 Å². The quantitative estimate of drug-likeness (QED) is 0.313. The van der Waals surface area contributed by atoms with Crippen LogP contribution in [0.4, 0.5) is 5.69 Å². The lowest BCUT2D eigenvalue weighted by Crippen LogP contribution is -2.29. The zero-order valence-corrected chi connectivity index (χ0v) is 20.0. The number of pyridine rings is 1. The summed E-state index contributed by atoms with van der Waals surface area (Å²) in [7, 11) is 1.60. The number of rotatable bonds is 5. The Kier molecular flexibility index (Phi) is 6.24. The summed E-state index contributed by atoms with van der Waals surface area (Å²) in [5, 5.41) is 11.4. The van der Waals surface area contributed by atoms with Crippen molar-refractivity contribution in [2.45, 2.75) is 39.7 Å². The monoisotopic (exact) mass is 456 g/mol. The van der Waals surface area contributed by atoms with Crippen LogP contribution in [0.2, 0.25) is 0 Å². The van der Waals surface area contributed by atoms with Crippen LogP contribution >= 0.6 is 0 Å². The Hall–Kier alpha value is -3.93. The maximum atomic E-state index is 13.3. The van der Waals surface area contributed by atoms with Crippen LogP contribution in [-0.2, 0) is 9.59 Å². The van der Waals surface area contributed by atoms with Crippen molar-refractivity contribution in [3.8, 4) is 5.75 Å². The van der Waals surface area contributed by atoms with E-state index in [9.17, 15) is 14.7 Å². The molecule has 0 aliphatic carbocycles. The number of hydrogen-bond acceptors (Lipinski definition) is 5. The molecule has 1 atom stereocenters. The molecule has 4 rings (SSSR count). The number of anilines is 1. The van der Waals surface area contributed by atoms with Gasteiger partial charge in [-0.05, 0) is 84.5 Å². The summed E-state index contributed by atoms with van der Waals surface area (Å²) in [5.41, 5.74) is 4.66. The number of hydrogen-bond donors (Lipinski definition) is 1. The number of ketones is 1. The van der Waals surface area contributed by atoms with Gasteiger partial charge in [0.2, 0.25) is 0 Å². The molecule has 6 heteroatoms. The summed E-state index contributed by atoms with van der Waals surface area (Å²) in [5.74, 6) is -0.771. The van der Waals surface area contributed by atoms with E-state index < -0.39 is 17.7 Å². The fourth-order valence-corrected chi connectivity index (χ4v) is 4.54. The predicted molar refractivity (Wildman–Crippen MR) is 132 cm³/mol. The number of Topliss-reactive ketones (excluding diaryl/α,β-unsaturated/α-hetero) is 1. The number of ether oxygens (including phenoxy) is 1. The van der Waals surface area contributed by atoms with E-state index in [1.54, 1.807) is 43.8 Å². The van der Waals surface area contributed by atoms with E-state index in [0.29, 0.717) is 22.6 Å². The molecule has 1 saturated heterocycles. The molecule has 1 N–H and O–H groups in total. The van der Waals surface area contributed by atoms with Crippen LogP contribution in [0.1, 0.15) is 53.6 Å². The van der Waals surface area contributed by atoms with Gasteiger partial charge in [-0.25, -0.2) is 0 Å². The van der Waals surface area contributed by atoms with Gasteiger partial charge >= 0.3 is 0 Å². The predicted octanol–water partition coefficient (Wildman–Crippen LogP) is 5.46. The van der Waals surface area contributed by atoms with Crippen LogP contribution in [-0.4, -0.2) is 28.9 Å². The van der Waals surface area contributed by atoms with Gasteiger partial charge in [-0.15, -0.1) is 0 Å². The SMILES string of the molecule is COc1ccc(/C(O)=C2/C(=O)C(=O)N(c3cc(C)cc(C)c3)C2c2ccncc2)cc1C(C)C. The van der Waals surface area contributed by atoms with E-state index in [2.05, 4.69) is 4.98 Å². The first-order valence-corrected chi connectivity index (χ1v) is 11.2. The van der Waals surface area contributed by atoms with Crippen LogP contribution in [0.3, 0.4) is 0 Å². The molecule has 1 unspecified atom stereocenters. The largest absolute Gasteiger partial charge is 0.507 e. The summed E-state index contributed by atoms with van der Waals surface area (Å²) in [6, 6.07) is 13.8. The molecule has 1 amide bonds. The van der Waals surface area contributed by atoms with Crippen molar-refractivity contribution in [2.24, 2.45) is 0 Å². The number of aliphatic hydroxyl groups excluding tert-OH is 1. The molecule has 34 heavy (non-hydrogen) atoms. The second-order valence-corrected chi connectivity index (χ2v) is 8.91. The molecule has 2 aromatic carbocycles. The second kappa shape index (κ2) is 9.14. The van der Waals surface area contributed by atoms with E-state index in [4.69, 9.17) is 4.74 Å². The van der Waals surface area contributed by atoms with Gasteiger partial charge in [0.25, 0.3) is 11.7 Å². The molecule has 0 radical (unpaired) electrons. The molecular weight excluding hydrogens is 428 g/mol. The van der Waals surface area contributed by atoms with Crippen LogP contribution < -0.4 is 9.64 Å². The standard InChI is InChI=1S/C28H28N2O4/c1-16(2)22-15-20(6-7-23(22)34-5)26(31)24-25(19-8-10-29-11-9-19)30(28(33)27(24)32)21-13-17(3)12-18(4)14-21/h6-16,25,31H,1-5H3/b26-24-. The minimum absolute atomic E-state index is 0.0511. The second-order valence-electron chi connectivity index (χ2n) is 8.91. The normalized spacial score (nSPS) is 17.5. The number of aliphatic hydroxyl groups is 1. The van der Waals surface area contributed by atoms with E-state index >= 15 is 0 Å². The van der Waals surface area contributed by atoms with E-state index in [1.165, 1.54) is 4.90 Å². The van der Waals surface area contributed by atoms with Crippen LogP contribution in [0.5, 0.6) is 5.75 Å². The molecule has 174 valence electrons. The fourth-order valence-electron chi connectivity index (χ4n) is 4.54. The third-order valence-electron chi connectivity index (χ3n) is 6.08. The number of amides is 1.